The number of nitrogens with zero attached hydrogens (tertiary/aromatic N) is 1. The van der Waals surface area contributed by atoms with Crippen LogP contribution in [-0.4, -0.2) is 31.4 Å². The van der Waals surface area contributed by atoms with Crippen LogP contribution in [-0.2, 0) is 4.79 Å². The molecular weight excluding hydrogens is 278 g/mol. The number of benzene rings is 2. The SMILES string of the molecule is O=C1CN(c2ccccc2NC(=O)c2ccccc2)CCN1. The lowest BCUT2D eigenvalue weighted by molar-refractivity contribution is -0.120. The summed E-state index contributed by atoms with van der Waals surface area (Å²) in [5.74, 6) is -0.162. The van der Waals surface area contributed by atoms with Gasteiger partial charge in [0.25, 0.3) is 5.91 Å². The van der Waals surface area contributed by atoms with Crippen LogP contribution in [0.1, 0.15) is 10.4 Å². The molecule has 0 aromatic heterocycles. The van der Waals surface area contributed by atoms with Gasteiger partial charge in [-0.05, 0) is 24.3 Å². The molecular formula is C17H17N3O2. The summed E-state index contributed by atoms with van der Waals surface area (Å²) < 4.78 is 0. The molecule has 2 aromatic rings. The summed E-state index contributed by atoms with van der Waals surface area (Å²) >= 11 is 0. The van der Waals surface area contributed by atoms with Crippen molar-refractivity contribution in [3.8, 4) is 0 Å². The van der Waals surface area contributed by atoms with E-state index >= 15 is 0 Å². The number of nitrogens with one attached hydrogen (secondary N) is 2. The van der Waals surface area contributed by atoms with Crippen LogP contribution in [0.5, 0.6) is 0 Å². The van der Waals surface area contributed by atoms with Crippen LogP contribution in [0.2, 0.25) is 0 Å². The van der Waals surface area contributed by atoms with Gasteiger partial charge in [-0.1, -0.05) is 30.3 Å². The molecule has 112 valence electrons. The van der Waals surface area contributed by atoms with E-state index in [-0.39, 0.29) is 11.8 Å². The molecule has 1 fully saturated rings. The van der Waals surface area contributed by atoms with Gasteiger partial charge in [0.1, 0.15) is 0 Å². The van der Waals surface area contributed by atoms with Crippen molar-refractivity contribution in [3.63, 3.8) is 0 Å². The predicted molar refractivity (Wildman–Crippen MR) is 86.1 cm³/mol. The van der Waals surface area contributed by atoms with Crippen LogP contribution in [0, 0.1) is 0 Å². The molecule has 3 rings (SSSR count). The second-order valence-corrected chi connectivity index (χ2v) is 5.11. The minimum atomic E-state index is -0.158. The third kappa shape index (κ3) is 3.09. The van der Waals surface area contributed by atoms with Gasteiger partial charge in [-0.2, -0.15) is 0 Å². The summed E-state index contributed by atoms with van der Waals surface area (Å²) in [5, 5.41) is 5.73. The van der Waals surface area contributed by atoms with Crippen LogP contribution in [0.4, 0.5) is 11.4 Å². The van der Waals surface area contributed by atoms with Gasteiger partial charge in [-0.15, -0.1) is 0 Å². The molecule has 0 aliphatic carbocycles. The molecule has 1 heterocycles. The predicted octanol–water partition coefficient (Wildman–Crippen LogP) is 1.88. The fourth-order valence-corrected chi connectivity index (χ4v) is 2.48. The zero-order chi connectivity index (χ0) is 15.4. The second kappa shape index (κ2) is 6.30. The highest BCUT2D eigenvalue weighted by molar-refractivity contribution is 6.06. The van der Waals surface area contributed by atoms with Crippen molar-refractivity contribution in [2.24, 2.45) is 0 Å². The molecule has 0 spiro atoms. The monoisotopic (exact) mass is 295 g/mol. The number of rotatable bonds is 3. The van der Waals surface area contributed by atoms with Crippen LogP contribution in [0.3, 0.4) is 0 Å². The fourth-order valence-electron chi connectivity index (χ4n) is 2.48. The first-order valence-corrected chi connectivity index (χ1v) is 7.21. The summed E-state index contributed by atoms with van der Waals surface area (Å²) in [6.45, 7) is 1.64. The number of piperazine rings is 1. The van der Waals surface area contributed by atoms with E-state index in [1.54, 1.807) is 12.1 Å². The molecule has 0 bridgehead atoms. The lowest BCUT2D eigenvalue weighted by atomic mass is 10.2. The van der Waals surface area contributed by atoms with Gasteiger partial charge in [0, 0.05) is 18.7 Å². The lowest BCUT2D eigenvalue weighted by Gasteiger charge is -2.30. The summed E-state index contributed by atoms with van der Waals surface area (Å²) in [4.78, 5) is 25.8. The highest BCUT2D eigenvalue weighted by Gasteiger charge is 2.19. The van der Waals surface area contributed by atoms with Crippen LogP contribution >= 0.6 is 0 Å². The first kappa shape index (κ1) is 14.1. The zero-order valence-corrected chi connectivity index (χ0v) is 12.1. The number of para-hydroxylation sites is 2. The van der Waals surface area contributed by atoms with Crippen molar-refractivity contribution in [2.75, 3.05) is 29.9 Å². The quantitative estimate of drug-likeness (QED) is 0.909. The van der Waals surface area contributed by atoms with Gasteiger partial charge in [0.2, 0.25) is 5.91 Å². The fraction of sp³-hybridized carbons (Fsp3) is 0.176. The van der Waals surface area contributed by atoms with Crippen LogP contribution in [0.25, 0.3) is 0 Å². The molecule has 2 N–H and O–H groups in total. The molecule has 22 heavy (non-hydrogen) atoms. The van der Waals surface area contributed by atoms with Crippen molar-refractivity contribution < 1.29 is 9.59 Å². The molecule has 5 heteroatoms. The maximum atomic E-state index is 12.3. The average molecular weight is 295 g/mol. The molecule has 2 amide bonds. The second-order valence-electron chi connectivity index (χ2n) is 5.11. The van der Waals surface area contributed by atoms with E-state index in [2.05, 4.69) is 10.6 Å². The zero-order valence-electron chi connectivity index (χ0n) is 12.1. The van der Waals surface area contributed by atoms with E-state index in [1.165, 1.54) is 0 Å². The Kier molecular flexibility index (Phi) is 4.05. The highest BCUT2D eigenvalue weighted by Crippen LogP contribution is 2.26. The molecule has 1 saturated heterocycles. The van der Waals surface area contributed by atoms with Crippen LogP contribution in [0.15, 0.2) is 54.6 Å². The number of anilines is 2. The van der Waals surface area contributed by atoms with Gasteiger partial charge in [0.05, 0.1) is 17.9 Å². The van der Waals surface area contributed by atoms with Gasteiger partial charge in [0.15, 0.2) is 0 Å². The summed E-state index contributed by atoms with van der Waals surface area (Å²) in [6.07, 6.45) is 0. The lowest BCUT2D eigenvalue weighted by Crippen LogP contribution is -2.47. The van der Waals surface area contributed by atoms with E-state index in [0.717, 1.165) is 12.2 Å². The number of amides is 2. The van der Waals surface area contributed by atoms with Gasteiger partial charge >= 0.3 is 0 Å². The maximum absolute atomic E-state index is 12.3. The smallest absolute Gasteiger partial charge is 0.255 e. The average Bonchev–Trinajstić information content (AvgIpc) is 2.56. The van der Waals surface area contributed by atoms with E-state index in [4.69, 9.17) is 0 Å². The highest BCUT2D eigenvalue weighted by atomic mass is 16.2. The van der Waals surface area contributed by atoms with E-state index in [9.17, 15) is 9.59 Å². The first-order valence-electron chi connectivity index (χ1n) is 7.21. The van der Waals surface area contributed by atoms with E-state index in [1.807, 2.05) is 47.4 Å². The molecule has 0 saturated carbocycles. The number of hydrogen-bond acceptors (Lipinski definition) is 3. The van der Waals surface area contributed by atoms with Crippen molar-refractivity contribution in [3.05, 3.63) is 60.2 Å². The molecule has 2 aromatic carbocycles. The number of hydrogen-bond donors (Lipinski definition) is 2. The van der Waals surface area contributed by atoms with E-state index in [0.29, 0.717) is 24.3 Å². The summed E-state index contributed by atoms with van der Waals surface area (Å²) in [5.41, 5.74) is 2.18. The van der Waals surface area contributed by atoms with E-state index < -0.39 is 0 Å². The Hall–Kier alpha value is -2.82. The Morgan fingerprint density at radius 1 is 1.05 bits per heavy atom. The third-order valence-corrected chi connectivity index (χ3v) is 3.57. The number of carbonyl (C=O) groups is 2. The van der Waals surface area contributed by atoms with Gasteiger partial charge < -0.3 is 15.5 Å². The number of carbonyl (C=O) groups excluding carboxylic acids is 2. The topological polar surface area (TPSA) is 61.4 Å². The normalized spacial score (nSPS) is 14.4. The van der Waals surface area contributed by atoms with Gasteiger partial charge in [-0.3, -0.25) is 9.59 Å². The molecule has 0 atom stereocenters. The maximum Gasteiger partial charge on any atom is 0.255 e. The van der Waals surface area contributed by atoms with Crippen LogP contribution < -0.4 is 15.5 Å². The molecule has 0 unspecified atom stereocenters. The Labute approximate surface area is 128 Å². The summed E-state index contributed by atoms with van der Waals surface area (Å²) in [7, 11) is 0. The standard InChI is InChI=1S/C17H17N3O2/c21-16-12-20(11-10-18-16)15-9-5-4-8-14(15)19-17(22)13-6-2-1-3-7-13/h1-9H,10-12H2,(H,18,21)(H,19,22). The Morgan fingerprint density at radius 3 is 2.55 bits per heavy atom. The first-order chi connectivity index (χ1) is 10.7. The molecule has 0 radical (unpaired) electrons. The third-order valence-electron chi connectivity index (χ3n) is 3.57. The van der Waals surface area contributed by atoms with Crippen molar-refractivity contribution in [1.82, 2.24) is 5.32 Å². The van der Waals surface area contributed by atoms with Crippen molar-refractivity contribution >= 4 is 23.2 Å². The van der Waals surface area contributed by atoms with Crippen molar-refractivity contribution in [1.29, 1.82) is 0 Å². The molecule has 1 aliphatic heterocycles. The Bertz CT molecular complexity index is 685. The van der Waals surface area contributed by atoms with Crippen molar-refractivity contribution in [2.45, 2.75) is 0 Å². The molecule has 1 aliphatic rings. The largest absolute Gasteiger partial charge is 0.359 e. The minimum Gasteiger partial charge on any atom is -0.359 e. The minimum absolute atomic E-state index is 0.00422. The summed E-state index contributed by atoms with van der Waals surface area (Å²) in [6, 6.07) is 16.6. The Morgan fingerprint density at radius 2 is 1.77 bits per heavy atom. The van der Waals surface area contributed by atoms with Gasteiger partial charge in [-0.25, -0.2) is 0 Å². The Balaban J connectivity index is 1.82. The molecule has 5 nitrogen and oxygen atoms in total.